The second-order valence-corrected chi connectivity index (χ2v) is 4.49. The number of rotatable bonds is 5. The summed E-state index contributed by atoms with van der Waals surface area (Å²) in [6.07, 6.45) is 3.80. The predicted octanol–water partition coefficient (Wildman–Crippen LogP) is 0.0124. The van der Waals surface area contributed by atoms with E-state index in [0.717, 1.165) is 11.1 Å². The summed E-state index contributed by atoms with van der Waals surface area (Å²) in [5.74, 6) is -0.823. The van der Waals surface area contributed by atoms with Crippen molar-refractivity contribution in [3.05, 3.63) is 12.5 Å². The number of aliphatic hydroxyl groups excluding tert-OH is 1. The summed E-state index contributed by atoms with van der Waals surface area (Å²) in [5.41, 5.74) is 0. The van der Waals surface area contributed by atoms with Gasteiger partial charge >= 0.3 is 0 Å². The van der Waals surface area contributed by atoms with E-state index >= 15 is 0 Å². The first-order valence-electron chi connectivity index (χ1n) is 5.05. The van der Waals surface area contributed by atoms with Crippen molar-refractivity contribution in [3.63, 3.8) is 0 Å². The van der Waals surface area contributed by atoms with Gasteiger partial charge in [0.2, 0.25) is 17.7 Å². The van der Waals surface area contributed by atoms with Crippen LogP contribution in [0.3, 0.4) is 0 Å². The van der Waals surface area contributed by atoms with E-state index in [-0.39, 0.29) is 42.4 Å². The Balaban J connectivity index is 2.44. The molecule has 1 aliphatic rings. The monoisotopic (exact) mass is 258 g/mol. The Labute approximate surface area is 103 Å². The number of hydrogen-bond acceptors (Lipinski definition) is 5. The summed E-state index contributed by atoms with van der Waals surface area (Å²) in [4.78, 5) is 35.5. The van der Waals surface area contributed by atoms with E-state index in [0.29, 0.717) is 6.26 Å². The second-order valence-electron chi connectivity index (χ2n) is 3.45. The Bertz CT molecular complexity index is 356. The summed E-state index contributed by atoms with van der Waals surface area (Å²) < 4.78 is 0. The average molecular weight is 258 g/mol. The molecule has 6 nitrogen and oxygen atoms in total. The van der Waals surface area contributed by atoms with Crippen LogP contribution in [0.5, 0.6) is 0 Å². The van der Waals surface area contributed by atoms with Gasteiger partial charge in [-0.3, -0.25) is 19.3 Å². The Kier molecular flexibility index (Phi) is 5.02. The lowest BCUT2D eigenvalue weighted by atomic mass is 10.3. The highest BCUT2D eigenvalue weighted by Crippen LogP contribution is 2.22. The number of nitrogens with one attached hydrogen (secondary N) is 1. The van der Waals surface area contributed by atoms with Gasteiger partial charge in [-0.25, -0.2) is 0 Å². The van der Waals surface area contributed by atoms with Gasteiger partial charge in [0.25, 0.3) is 0 Å². The molecule has 0 spiro atoms. The summed E-state index contributed by atoms with van der Waals surface area (Å²) >= 11 is 1.34. The summed E-state index contributed by atoms with van der Waals surface area (Å²) in [6, 6.07) is 0. The highest BCUT2D eigenvalue weighted by atomic mass is 32.2. The number of hydrogen-bond donors (Lipinski definition) is 2. The maximum atomic E-state index is 11.7. The molecule has 3 amide bonds. The minimum Gasteiger partial charge on any atom is -0.514 e. The number of likely N-dealkylation sites (tertiary alicyclic amines) is 1. The fourth-order valence-electron chi connectivity index (χ4n) is 1.49. The van der Waals surface area contributed by atoms with Crippen LogP contribution in [0.2, 0.25) is 0 Å². The first-order chi connectivity index (χ1) is 8.10. The van der Waals surface area contributed by atoms with Crippen LogP contribution in [0.25, 0.3) is 0 Å². The average Bonchev–Trinajstić information content (AvgIpc) is 2.59. The Morgan fingerprint density at radius 1 is 1.65 bits per heavy atom. The molecule has 7 heteroatoms. The van der Waals surface area contributed by atoms with E-state index in [1.54, 1.807) is 6.26 Å². The van der Waals surface area contributed by atoms with Crippen LogP contribution in [0.15, 0.2) is 12.5 Å². The molecule has 1 rings (SSSR count). The van der Waals surface area contributed by atoms with Crippen LogP contribution in [0.1, 0.15) is 12.8 Å². The number of thioether (sulfide) groups is 1. The summed E-state index contributed by atoms with van der Waals surface area (Å²) in [7, 11) is 0. The Morgan fingerprint density at radius 2 is 2.35 bits per heavy atom. The quantitative estimate of drug-likeness (QED) is 0.536. The molecule has 0 aromatic heterocycles. The molecule has 1 saturated heterocycles. The van der Waals surface area contributed by atoms with Gasteiger partial charge in [0.05, 0.1) is 11.5 Å². The number of carbonyl (C=O) groups excluding carboxylic acids is 3. The molecule has 1 fully saturated rings. The highest BCUT2D eigenvalue weighted by molar-refractivity contribution is 8.00. The second kappa shape index (κ2) is 6.29. The number of nitrogens with zero attached hydrogens (tertiary/aromatic N) is 1. The molecule has 0 radical (unpaired) electrons. The van der Waals surface area contributed by atoms with E-state index in [1.807, 2.05) is 0 Å². The van der Waals surface area contributed by atoms with E-state index in [4.69, 9.17) is 5.11 Å². The fourth-order valence-corrected chi connectivity index (χ4v) is 2.13. The molecule has 1 atom stereocenters. The van der Waals surface area contributed by atoms with Gasteiger partial charge in [-0.2, -0.15) is 11.8 Å². The summed E-state index contributed by atoms with van der Waals surface area (Å²) in [6.45, 7) is 0.0832. The molecule has 2 N–H and O–H groups in total. The standard InChI is InChI=1S/C10H14N2O4S/c1-17-7-6-9(15)12(10(7)16)4-2-8(14)11-3-5-13/h3,5,7,13H,2,4,6H2,1H3,(H,11,14)/b5-3-. The van der Waals surface area contributed by atoms with E-state index in [1.165, 1.54) is 11.8 Å². The highest BCUT2D eigenvalue weighted by Gasteiger charge is 2.37. The molecule has 94 valence electrons. The topological polar surface area (TPSA) is 86.7 Å². The third kappa shape index (κ3) is 3.48. The number of carbonyl (C=O) groups is 3. The molecule has 1 heterocycles. The lowest BCUT2D eigenvalue weighted by Crippen LogP contribution is -2.34. The fraction of sp³-hybridized carbons (Fsp3) is 0.500. The van der Waals surface area contributed by atoms with Gasteiger partial charge in [0.1, 0.15) is 0 Å². The molecule has 1 unspecified atom stereocenters. The zero-order chi connectivity index (χ0) is 12.8. The van der Waals surface area contributed by atoms with Crippen molar-refractivity contribution in [2.24, 2.45) is 0 Å². The van der Waals surface area contributed by atoms with Crippen LogP contribution in [0, 0.1) is 0 Å². The van der Waals surface area contributed by atoms with E-state index < -0.39 is 0 Å². The van der Waals surface area contributed by atoms with Gasteiger partial charge in [-0.05, 0) is 6.26 Å². The number of amides is 3. The maximum absolute atomic E-state index is 11.7. The first-order valence-corrected chi connectivity index (χ1v) is 6.34. The van der Waals surface area contributed by atoms with Gasteiger partial charge in [0.15, 0.2) is 0 Å². The van der Waals surface area contributed by atoms with Crippen LogP contribution in [0.4, 0.5) is 0 Å². The van der Waals surface area contributed by atoms with Crippen LogP contribution in [-0.2, 0) is 14.4 Å². The van der Waals surface area contributed by atoms with E-state index in [2.05, 4.69) is 5.32 Å². The molecule has 1 aliphatic heterocycles. The van der Waals surface area contributed by atoms with Crippen LogP contribution >= 0.6 is 11.8 Å². The lowest BCUT2D eigenvalue weighted by Gasteiger charge is -2.13. The van der Waals surface area contributed by atoms with Crippen molar-refractivity contribution in [2.45, 2.75) is 18.1 Å². The van der Waals surface area contributed by atoms with Crippen molar-refractivity contribution < 1.29 is 19.5 Å². The van der Waals surface area contributed by atoms with Crippen molar-refractivity contribution in [1.82, 2.24) is 10.2 Å². The van der Waals surface area contributed by atoms with Crippen molar-refractivity contribution in [2.75, 3.05) is 12.8 Å². The maximum Gasteiger partial charge on any atom is 0.242 e. The van der Waals surface area contributed by atoms with E-state index in [9.17, 15) is 14.4 Å². The Morgan fingerprint density at radius 3 is 2.88 bits per heavy atom. The lowest BCUT2D eigenvalue weighted by molar-refractivity contribution is -0.138. The van der Waals surface area contributed by atoms with Crippen LogP contribution in [-0.4, -0.2) is 45.8 Å². The number of aliphatic hydroxyl groups is 1. The van der Waals surface area contributed by atoms with Crippen molar-refractivity contribution in [1.29, 1.82) is 0 Å². The molecule has 0 aliphatic carbocycles. The van der Waals surface area contributed by atoms with Crippen molar-refractivity contribution in [3.8, 4) is 0 Å². The third-order valence-corrected chi connectivity index (χ3v) is 3.31. The zero-order valence-corrected chi connectivity index (χ0v) is 10.2. The third-order valence-electron chi connectivity index (χ3n) is 2.37. The molecule has 0 aromatic rings. The normalized spacial score (nSPS) is 20.3. The van der Waals surface area contributed by atoms with Gasteiger partial charge in [-0.1, -0.05) is 0 Å². The van der Waals surface area contributed by atoms with Gasteiger partial charge < -0.3 is 10.4 Å². The van der Waals surface area contributed by atoms with Crippen LogP contribution < -0.4 is 5.32 Å². The molecular weight excluding hydrogens is 244 g/mol. The molecule has 17 heavy (non-hydrogen) atoms. The summed E-state index contributed by atoms with van der Waals surface area (Å²) in [5, 5.41) is 10.3. The smallest absolute Gasteiger partial charge is 0.242 e. The molecular formula is C10H14N2O4S. The zero-order valence-electron chi connectivity index (χ0n) is 9.38. The van der Waals surface area contributed by atoms with Gasteiger partial charge in [0, 0.05) is 25.6 Å². The van der Waals surface area contributed by atoms with Crippen molar-refractivity contribution >= 4 is 29.5 Å². The van der Waals surface area contributed by atoms with Gasteiger partial charge in [-0.15, -0.1) is 0 Å². The first kappa shape index (κ1) is 13.6. The SMILES string of the molecule is CSC1CC(=O)N(CCC(=O)N/C=C\O)C1=O. The minimum absolute atomic E-state index is 0.0307. The molecule has 0 bridgehead atoms. The minimum atomic E-state index is -0.358. The molecule has 0 saturated carbocycles. The number of imide groups is 1. The predicted molar refractivity (Wildman–Crippen MR) is 63.2 cm³/mol. The molecule has 0 aromatic carbocycles. The largest absolute Gasteiger partial charge is 0.514 e. The Hall–Kier alpha value is -1.50.